The molecule has 0 fully saturated rings. The topological polar surface area (TPSA) is 38.0 Å². The Kier molecular flexibility index (Phi) is 2.88. The Bertz CT molecular complexity index is 565. The van der Waals surface area contributed by atoms with E-state index >= 15 is 0 Å². The maximum atomic E-state index is 13.7. The van der Waals surface area contributed by atoms with Gasteiger partial charge in [0, 0.05) is 31.3 Å². The van der Waals surface area contributed by atoms with E-state index in [2.05, 4.69) is 9.55 Å². The summed E-state index contributed by atoms with van der Waals surface area (Å²) < 4.78 is 15.8. The number of aromatic nitrogens is 2. The number of rotatable bonds is 2. The fourth-order valence-electron chi connectivity index (χ4n) is 2.45. The monoisotopic (exact) mass is 246 g/mol. The maximum absolute atomic E-state index is 13.7. The molecular formula is C14H15FN2O. The second-order valence-electron chi connectivity index (χ2n) is 4.76. The van der Waals surface area contributed by atoms with Gasteiger partial charge in [-0.2, -0.15) is 0 Å². The molecule has 0 saturated heterocycles. The molecule has 1 unspecified atom stereocenters. The molecule has 0 amide bonds. The van der Waals surface area contributed by atoms with Gasteiger partial charge in [0.25, 0.3) is 0 Å². The van der Waals surface area contributed by atoms with E-state index in [1.807, 2.05) is 12.3 Å². The van der Waals surface area contributed by atoms with E-state index in [1.165, 1.54) is 6.07 Å². The highest BCUT2D eigenvalue weighted by Crippen LogP contribution is 2.26. The van der Waals surface area contributed by atoms with Gasteiger partial charge in [0.05, 0.1) is 5.69 Å². The molecule has 1 atom stereocenters. The van der Waals surface area contributed by atoms with E-state index in [-0.39, 0.29) is 18.3 Å². The Labute approximate surface area is 105 Å². The van der Waals surface area contributed by atoms with Crippen molar-refractivity contribution in [2.75, 3.05) is 6.61 Å². The Morgan fingerprint density at radius 3 is 3.00 bits per heavy atom. The average Bonchev–Trinajstić information content (AvgIpc) is 2.81. The van der Waals surface area contributed by atoms with Gasteiger partial charge >= 0.3 is 0 Å². The number of fused-ring (bicyclic) bond motifs is 1. The Balaban J connectivity index is 1.97. The van der Waals surface area contributed by atoms with Crippen molar-refractivity contribution in [2.45, 2.75) is 19.4 Å². The molecule has 2 aromatic rings. The molecule has 1 aromatic heterocycles. The van der Waals surface area contributed by atoms with E-state index in [9.17, 15) is 9.50 Å². The van der Waals surface area contributed by atoms with Crippen molar-refractivity contribution >= 4 is 0 Å². The summed E-state index contributed by atoms with van der Waals surface area (Å²) in [6, 6.07) is 6.68. The molecule has 0 spiro atoms. The van der Waals surface area contributed by atoms with E-state index in [4.69, 9.17) is 0 Å². The molecule has 0 aliphatic carbocycles. The molecule has 0 bridgehead atoms. The molecular weight excluding hydrogens is 231 g/mol. The Morgan fingerprint density at radius 2 is 2.22 bits per heavy atom. The van der Waals surface area contributed by atoms with Crippen LogP contribution in [0.15, 0.2) is 30.5 Å². The Morgan fingerprint density at radius 1 is 1.39 bits per heavy atom. The van der Waals surface area contributed by atoms with Gasteiger partial charge in [0.2, 0.25) is 0 Å². The predicted octanol–water partition coefficient (Wildman–Crippen LogP) is 2.24. The van der Waals surface area contributed by atoms with Crippen LogP contribution in [0.4, 0.5) is 4.39 Å². The smallest absolute Gasteiger partial charge is 0.132 e. The first kappa shape index (κ1) is 11.4. The van der Waals surface area contributed by atoms with Crippen LogP contribution in [-0.2, 0) is 13.0 Å². The molecule has 1 aromatic carbocycles. The van der Waals surface area contributed by atoms with Crippen molar-refractivity contribution in [3.05, 3.63) is 42.1 Å². The first-order valence-electron chi connectivity index (χ1n) is 6.19. The van der Waals surface area contributed by atoms with Crippen LogP contribution in [-0.4, -0.2) is 21.3 Å². The van der Waals surface area contributed by atoms with Crippen LogP contribution in [0.3, 0.4) is 0 Å². The molecule has 3 rings (SSSR count). The molecule has 18 heavy (non-hydrogen) atoms. The lowest BCUT2D eigenvalue weighted by Gasteiger charge is -2.20. The van der Waals surface area contributed by atoms with Crippen LogP contribution in [0.5, 0.6) is 0 Å². The SMILES string of the molecule is OCC1CCn2cc(-c3ccccc3F)nc2C1. The van der Waals surface area contributed by atoms with E-state index in [0.29, 0.717) is 11.3 Å². The van der Waals surface area contributed by atoms with Gasteiger partial charge in [-0.3, -0.25) is 0 Å². The van der Waals surface area contributed by atoms with Gasteiger partial charge in [0.15, 0.2) is 0 Å². The van der Waals surface area contributed by atoms with Crippen molar-refractivity contribution in [3.63, 3.8) is 0 Å². The zero-order valence-corrected chi connectivity index (χ0v) is 10.0. The van der Waals surface area contributed by atoms with Crippen molar-refractivity contribution in [3.8, 4) is 11.3 Å². The van der Waals surface area contributed by atoms with Crippen LogP contribution in [0.25, 0.3) is 11.3 Å². The summed E-state index contributed by atoms with van der Waals surface area (Å²) in [5, 5.41) is 9.19. The van der Waals surface area contributed by atoms with Gasteiger partial charge in [-0.15, -0.1) is 0 Å². The molecule has 0 radical (unpaired) electrons. The quantitative estimate of drug-likeness (QED) is 0.882. The summed E-state index contributed by atoms with van der Waals surface area (Å²) in [7, 11) is 0. The predicted molar refractivity (Wildman–Crippen MR) is 66.5 cm³/mol. The number of aryl methyl sites for hydroxylation is 1. The largest absolute Gasteiger partial charge is 0.396 e. The summed E-state index contributed by atoms with van der Waals surface area (Å²) in [6.07, 6.45) is 3.63. The third-order valence-corrected chi connectivity index (χ3v) is 3.52. The lowest BCUT2D eigenvalue weighted by molar-refractivity contribution is 0.199. The minimum absolute atomic E-state index is 0.196. The molecule has 2 heterocycles. The van der Waals surface area contributed by atoms with Crippen molar-refractivity contribution < 1.29 is 9.50 Å². The number of hydrogen-bond donors (Lipinski definition) is 1. The molecule has 4 heteroatoms. The highest BCUT2D eigenvalue weighted by molar-refractivity contribution is 5.59. The zero-order valence-electron chi connectivity index (χ0n) is 10.0. The van der Waals surface area contributed by atoms with Crippen LogP contribution in [0, 0.1) is 11.7 Å². The lowest BCUT2D eigenvalue weighted by Crippen LogP contribution is -2.21. The molecule has 94 valence electrons. The highest BCUT2D eigenvalue weighted by Gasteiger charge is 2.21. The molecule has 1 aliphatic rings. The van der Waals surface area contributed by atoms with Crippen LogP contribution >= 0.6 is 0 Å². The third kappa shape index (κ3) is 1.93. The van der Waals surface area contributed by atoms with Crippen LogP contribution < -0.4 is 0 Å². The number of nitrogens with zero attached hydrogens (tertiary/aromatic N) is 2. The minimum Gasteiger partial charge on any atom is -0.396 e. The van der Waals surface area contributed by atoms with Crippen molar-refractivity contribution in [2.24, 2.45) is 5.92 Å². The molecule has 1 aliphatic heterocycles. The first-order chi connectivity index (χ1) is 8.78. The van der Waals surface area contributed by atoms with Gasteiger partial charge in [-0.05, 0) is 24.5 Å². The summed E-state index contributed by atoms with van der Waals surface area (Å²) in [5.41, 5.74) is 1.22. The van der Waals surface area contributed by atoms with Crippen molar-refractivity contribution in [1.82, 2.24) is 9.55 Å². The highest BCUT2D eigenvalue weighted by atomic mass is 19.1. The second-order valence-corrected chi connectivity index (χ2v) is 4.76. The number of halogens is 1. The summed E-state index contributed by atoms with van der Waals surface area (Å²) in [4.78, 5) is 4.49. The van der Waals surface area contributed by atoms with Crippen LogP contribution in [0.2, 0.25) is 0 Å². The number of hydrogen-bond acceptors (Lipinski definition) is 2. The standard InChI is InChI=1S/C14H15FN2O/c15-12-4-2-1-3-11(12)13-8-17-6-5-10(9-18)7-14(17)16-13/h1-4,8,10,18H,5-7,9H2. The second kappa shape index (κ2) is 4.53. The summed E-state index contributed by atoms with van der Waals surface area (Å²) >= 11 is 0. The molecule has 3 nitrogen and oxygen atoms in total. The van der Waals surface area contributed by atoms with Gasteiger partial charge in [-0.25, -0.2) is 9.37 Å². The molecule has 1 N–H and O–H groups in total. The van der Waals surface area contributed by atoms with Gasteiger partial charge < -0.3 is 9.67 Å². The van der Waals surface area contributed by atoms with E-state index < -0.39 is 0 Å². The normalized spacial score (nSPS) is 18.7. The average molecular weight is 246 g/mol. The third-order valence-electron chi connectivity index (χ3n) is 3.52. The maximum Gasteiger partial charge on any atom is 0.132 e. The number of aliphatic hydroxyl groups is 1. The first-order valence-corrected chi connectivity index (χ1v) is 6.19. The number of imidazole rings is 1. The molecule has 0 saturated carbocycles. The van der Waals surface area contributed by atoms with E-state index in [0.717, 1.165) is 25.2 Å². The zero-order chi connectivity index (χ0) is 12.5. The number of aliphatic hydroxyl groups excluding tert-OH is 1. The summed E-state index contributed by atoms with van der Waals surface area (Å²) in [6.45, 7) is 1.05. The van der Waals surface area contributed by atoms with Crippen molar-refractivity contribution in [1.29, 1.82) is 0 Å². The van der Waals surface area contributed by atoms with Gasteiger partial charge in [0.1, 0.15) is 11.6 Å². The lowest BCUT2D eigenvalue weighted by atomic mass is 9.99. The summed E-state index contributed by atoms with van der Waals surface area (Å²) in [5.74, 6) is 0.985. The fourth-order valence-corrected chi connectivity index (χ4v) is 2.45. The fraction of sp³-hybridized carbons (Fsp3) is 0.357. The van der Waals surface area contributed by atoms with Crippen LogP contribution in [0.1, 0.15) is 12.2 Å². The van der Waals surface area contributed by atoms with Gasteiger partial charge in [-0.1, -0.05) is 12.1 Å². The Hall–Kier alpha value is -1.68. The van der Waals surface area contributed by atoms with E-state index in [1.54, 1.807) is 12.1 Å². The number of benzene rings is 1. The minimum atomic E-state index is -0.244.